The number of carbonyl (C=O) groups excluding carboxylic acids is 1. The zero-order chi connectivity index (χ0) is 21.6. The molecule has 30 heavy (non-hydrogen) atoms. The maximum atomic E-state index is 13.0. The molecule has 10 heteroatoms. The molecule has 1 aromatic carbocycles. The second-order valence-corrected chi connectivity index (χ2v) is 8.98. The Kier molecular flexibility index (Phi) is 7.35. The number of amides is 1. The molecule has 1 aliphatic rings. The number of carbonyl (C=O) groups is 1. The van der Waals surface area contributed by atoms with E-state index in [0.717, 1.165) is 35.3 Å². The maximum absolute atomic E-state index is 13.0. The van der Waals surface area contributed by atoms with Gasteiger partial charge in [-0.25, -0.2) is 22.1 Å². The highest BCUT2D eigenvalue weighted by Gasteiger charge is 2.20. The summed E-state index contributed by atoms with van der Waals surface area (Å²) in [6, 6.07) is 8.30. The molecule has 1 amide bonds. The highest BCUT2D eigenvalue weighted by Crippen LogP contribution is 2.17. The van der Waals surface area contributed by atoms with E-state index in [1.54, 1.807) is 12.3 Å². The van der Waals surface area contributed by atoms with Crippen molar-refractivity contribution in [1.29, 1.82) is 0 Å². The molecule has 0 aliphatic carbocycles. The molecule has 3 rings (SSSR count). The predicted molar refractivity (Wildman–Crippen MR) is 111 cm³/mol. The fourth-order valence-corrected chi connectivity index (χ4v) is 4.24. The molecular weight excluding hydrogens is 411 g/mol. The van der Waals surface area contributed by atoms with Crippen LogP contribution < -0.4 is 10.2 Å². The molecule has 1 N–H and O–H groups in total. The third-order valence-electron chi connectivity index (χ3n) is 4.77. The number of hydrogen-bond donors (Lipinski definition) is 1. The van der Waals surface area contributed by atoms with Crippen LogP contribution in [0.5, 0.6) is 0 Å². The van der Waals surface area contributed by atoms with Gasteiger partial charge in [0.05, 0.1) is 30.0 Å². The number of hydrogen-bond acceptors (Lipinski definition) is 6. The summed E-state index contributed by atoms with van der Waals surface area (Å²) in [5, 5.41) is 2.77. The lowest BCUT2D eigenvalue weighted by molar-refractivity contribution is -0.116. The summed E-state index contributed by atoms with van der Waals surface area (Å²) in [6.45, 7) is 3.08. The maximum Gasteiger partial charge on any atom is 0.242 e. The number of aromatic nitrogens is 1. The number of halogens is 1. The Morgan fingerprint density at radius 1 is 1.20 bits per heavy atom. The quantitative estimate of drug-likeness (QED) is 0.681. The van der Waals surface area contributed by atoms with Gasteiger partial charge >= 0.3 is 0 Å². The Balaban J connectivity index is 1.45. The number of anilines is 2. The standard InChI is InChI=1S/C20H25FN4O4S/c1-24(30(27,28)18-7-4-16(21)5-8-18)10-2-3-20(26)23-17-6-9-19(22-15-17)25-11-13-29-14-12-25/h4-9,15H,2-3,10-14H2,1H3,(H,23,26). The Morgan fingerprint density at radius 3 is 2.53 bits per heavy atom. The zero-order valence-electron chi connectivity index (χ0n) is 16.8. The van der Waals surface area contributed by atoms with E-state index in [2.05, 4.69) is 15.2 Å². The molecular formula is C20H25FN4O4S. The van der Waals surface area contributed by atoms with Gasteiger partial charge < -0.3 is 15.0 Å². The number of ether oxygens (including phenoxy) is 1. The van der Waals surface area contributed by atoms with Crippen LogP contribution in [0.15, 0.2) is 47.5 Å². The van der Waals surface area contributed by atoms with Crippen LogP contribution in [0.1, 0.15) is 12.8 Å². The predicted octanol–water partition coefficient (Wildman–Crippen LogP) is 2.10. The number of nitrogens with one attached hydrogen (secondary N) is 1. The Bertz CT molecular complexity index is 946. The van der Waals surface area contributed by atoms with Gasteiger partial charge in [0.1, 0.15) is 11.6 Å². The van der Waals surface area contributed by atoms with Crippen molar-refractivity contribution >= 4 is 27.4 Å². The van der Waals surface area contributed by atoms with Crippen LogP contribution in [0.4, 0.5) is 15.9 Å². The summed E-state index contributed by atoms with van der Waals surface area (Å²) < 4.78 is 44.4. The molecule has 2 aromatic rings. The Hall–Kier alpha value is -2.56. The molecule has 0 saturated carbocycles. The minimum Gasteiger partial charge on any atom is -0.378 e. The van der Waals surface area contributed by atoms with Gasteiger partial charge in [-0.1, -0.05) is 0 Å². The Morgan fingerprint density at radius 2 is 1.90 bits per heavy atom. The third kappa shape index (κ3) is 5.74. The number of benzene rings is 1. The molecule has 1 saturated heterocycles. The number of rotatable bonds is 8. The second-order valence-electron chi connectivity index (χ2n) is 6.94. The van der Waals surface area contributed by atoms with E-state index in [-0.39, 0.29) is 23.8 Å². The number of nitrogens with zero attached hydrogens (tertiary/aromatic N) is 3. The van der Waals surface area contributed by atoms with Crippen LogP contribution >= 0.6 is 0 Å². The van der Waals surface area contributed by atoms with Gasteiger partial charge in [0.25, 0.3) is 0 Å². The molecule has 0 bridgehead atoms. The van der Waals surface area contributed by atoms with Crippen LogP contribution in [-0.2, 0) is 19.6 Å². The van der Waals surface area contributed by atoms with Crippen LogP contribution in [0.2, 0.25) is 0 Å². The van der Waals surface area contributed by atoms with Gasteiger partial charge in [-0.2, -0.15) is 0 Å². The third-order valence-corrected chi connectivity index (χ3v) is 6.64. The van der Waals surface area contributed by atoms with E-state index >= 15 is 0 Å². The summed E-state index contributed by atoms with van der Waals surface area (Å²) in [4.78, 5) is 18.7. The molecule has 1 fully saturated rings. The largest absolute Gasteiger partial charge is 0.378 e. The van der Waals surface area contributed by atoms with Crippen LogP contribution in [0.25, 0.3) is 0 Å². The molecule has 0 atom stereocenters. The fourth-order valence-electron chi connectivity index (χ4n) is 3.03. The first-order valence-corrected chi connectivity index (χ1v) is 11.1. The van der Waals surface area contributed by atoms with Crippen molar-refractivity contribution in [2.75, 3.05) is 50.1 Å². The summed E-state index contributed by atoms with van der Waals surface area (Å²) in [5.74, 6) is 0.119. The SMILES string of the molecule is CN(CCCC(=O)Nc1ccc(N2CCOCC2)nc1)S(=O)(=O)c1ccc(F)cc1. The van der Waals surface area contributed by atoms with Gasteiger partial charge in [-0.15, -0.1) is 0 Å². The van der Waals surface area contributed by atoms with Crippen molar-refractivity contribution in [3.63, 3.8) is 0 Å². The highest BCUT2D eigenvalue weighted by molar-refractivity contribution is 7.89. The first kappa shape index (κ1) is 22.1. The first-order chi connectivity index (χ1) is 14.4. The lowest BCUT2D eigenvalue weighted by Crippen LogP contribution is -2.36. The van der Waals surface area contributed by atoms with Crippen molar-refractivity contribution in [2.24, 2.45) is 0 Å². The average molecular weight is 437 g/mol. The summed E-state index contributed by atoms with van der Waals surface area (Å²) in [6.07, 6.45) is 2.12. The van der Waals surface area contributed by atoms with Gasteiger partial charge in [-0.3, -0.25) is 4.79 Å². The summed E-state index contributed by atoms with van der Waals surface area (Å²) in [7, 11) is -2.28. The molecule has 2 heterocycles. The zero-order valence-corrected chi connectivity index (χ0v) is 17.6. The van der Waals surface area contributed by atoms with Gasteiger partial charge in [0.15, 0.2) is 0 Å². The van der Waals surface area contributed by atoms with Crippen molar-refractivity contribution in [2.45, 2.75) is 17.7 Å². The lowest BCUT2D eigenvalue weighted by atomic mass is 10.3. The number of morpholine rings is 1. The average Bonchev–Trinajstić information content (AvgIpc) is 2.75. The van der Waals surface area contributed by atoms with Crippen LogP contribution in [0, 0.1) is 5.82 Å². The minimum atomic E-state index is -3.72. The fraction of sp³-hybridized carbons (Fsp3) is 0.400. The summed E-state index contributed by atoms with van der Waals surface area (Å²) >= 11 is 0. The van der Waals surface area contributed by atoms with E-state index in [1.807, 2.05) is 6.07 Å². The topological polar surface area (TPSA) is 91.8 Å². The monoisotopic (exact) mass is 436 g/mol. The van der Waals surface area contributed by atoms with E-state index in [4.69, 9.17) is 4.74 Å². The molecule has 0 spiro atoms. The molecule has 0 unspecified atom stereocenters. The van der Waals surface area contributed by atoms with Gasteiger partial charge in [0.2, 0.25) is 15.9 Å². The molecule has 162 valence electrons. The first-order valence-electron chi connectivity index (χ1n) is 9.67. The van der Waals surface area contributed by atoms with E-state index in [0.29, 0.717) is 25.3 Å². The second kappa shape index (κ2) is 9.96. The molecule has 1 aromatic heterocycles. The van der Waals surface area contributed by atoms with Crippen molar-refractivity contribution in [3.8, 4) is 0 Å². The van der Waals surface area contributed by atoms with Gasteiger partial charge in [-0.05, 0) is 42.8 Å². The highest BCUT2D eigenvalue weighted by atomic mass is 32.2. The normalized spacial score (nSPS) is 14.7. The Labute approximate surface area is 175 Å². The van der Waals surface area contributed by atoms with Crippen molar-refractivity contribution in [1.82, 2.24) is 9.29 Å². The van der Waals surface area contributed by atoms with Crippen LogP contribution in [0.3, 0.4) is 0 Å². The summed E-state index contributed by atoms with van der Waals surface area (Å²) in [5.41, 5.74) is 0.587. The smallest absolute Gasteiger partial charge is 0.242 e. The number of sulfonamides is 1. The van der Waals surface area contributed by atoms with Crippen LogP contribution in [-0.4, -0.2) is 63.5 Å². The minimum absolute atomic E-state index is 0.0160. The van der Waals surface area contributed by atoms with E-state index < -0.39 is 15.8 Å². The van der Waals surface area contributed by atoms with Crippen molar-refractivity contribution < 1.29 is 22.3 Å². The molecule has 1 aliphatic heterocycles. The number of pyridine rings is 1. The van der Waals surface area contributed by atoms with Crippen molar-refractivity contribution in [3.05, 3.63) is 48.4 Å². The van der Waals surface area contributed by atoms with Gasteiger partial charge in [0, 0.05) is 33.1 Å². The molecule has 8 nitrogen and oxygen atoms in total. The lowest BCUT2D eigenvalue weighted by Gasteiger charge is -2.27. The van der Waals surface area contributed by atoms with E-state index in [9.17, 15) is 17.6 Å². The van der Waals surface area contributed by atoms with E-state index in [1.165, 1.54) is 19.2 Å². The molecule has 0 radical (unpaired) electrons.